The van der Waals surface area contributed by atoms with E-state index in [0.29, 0.717) is 24.8 Å². The summed E-state index contributed by atoms with van der Waals surface area (Å²) in [5.41, 5.74) is 0.296. The van der Waals surface area contributed by atoms with E-state index >= 15 is 0 Å². The van der Waals surface area contributed by atoms with Gasteiger partial charge in [-0.2, -0.15) is 4.98 Å². The minimum absolute atomic E-state index is 0.0594. The Morgan fingerprint density at radius 2 is 2.24 bits per heavy atom. The lowest BCUT2D eigenvalue weighted by Gasteiger charge is -2.28. The van der Waals surface area contributed by atoms with Gasteiger partial charge in [0.1, 0.15) is 5.69 Å². The average Bonchev–Trinajstić information content (AvgIpc) is 2.38. The molecule has 0 aliphatic carbocycles. The van der Waals surface area contributed by atoms with Gasteiger partial charge in [0, 0.05) is 19.2 Å². The van der Waals surface area contributed by atoms with Crippen LogP contribution in [0.15, 0.2) is 0 Å². The summed E-state index contributed by atoms with van der Waals surface area (Å²) >= 11 is 0. The van der Waals surface area contributed by atoms with Gasteiger partial charge in [-0.25, -0.2) is 4.98 Å². The molecule has 0 saturated carbocycles. The summed E-state index contributed by atoms with van der Waals surface area (Å²) in [4.78, 5) is 19.2. The molecular weight excluding hydrogens is 274 g/mol. The summed E-state index contributed by atoms with van der Waals surface area (Å²) < 4.78 is 5.49. The largest absolute Gasteiger partial charge is 0.378 e. The second-order valence-electron chi connectivity index (χ2n) is 5.16. The fourth-order valence-corrected chi connectivity index (χ4v) is 2.45. The topological polar surface area (TPSA) is 102 Å². The van der Waals surface area contributed by atoms with Crippen LogP contribution >= 0.6 is 0 Å². The van der Waals surface area contributed by atoms with Gasteiger partial charge in [-0.15, -0.1) is 0 Å². The van der Waals surface area contributed by atoms with E-state index < -0.39 is 4.92 Å². The lowest BCUT2D eigenvalue weighted by Crippen LogP contribution is -2.33. The predicted octanol–water partition coefficient (Wildman–Crippen LogP) is 2.10. The molecule has 2 N–H and O–H groups in total. The number of hydrogen-bond acceptors (Lipinski definition) is 7. The zero-order chi connectivity index (χ0) is 15.4. The van der Waals surface area contributed by atoms with Gasteiger partial charge in [0.05, 0.1) is 11.0 Å². The molecular formula is C13H21N5O3. The molecule has 2 atom stereocenters. The average molecular weight is 295 g/mol. The number of aryl methyl sites for hydroxylation is 1. The summed E-state index contributed by atoms with van der Waals surface area (Å²) in [7, 11) is 0. The van der Waals surface area contributed by atoms with Crippen LogP contribution in [-0.2, 0) is 4.74 Å². The lowest BCUT2D eigenvalue weighted by atomic mass is 10.0. The van der Waals surface area contributed by atoms with Crippen LogP contribution in [0, 0.1) is 17.0 Å². The van der Waals surface area contributed by atoms with Crippen molar-refractivity contribution >= 4 is 17.5 Å². The van der Waals surface area contributed by atoms with E-state index in [9.17, 15) is 10.1 Å². The first kappa shape index (κ1) is 15.4. The molecule has 1 fully saturated rings. The molecule has 8 nitrogen and oxygen atoms in total. The smallest absolute Gasteiger partial charge is 0.332 e. The zero-order valence-electron chi connectivity index (χ0n) is 12.5. The summed E-state index contributed by atoms with van der Waals surface area (Å²) in [5.74, 6) is 0.686. The van der Waals surface area contributed by atoms with Crippen molar-refractivity contribution in [3.63, 3.8) is 0 Å². The molecule has 1 aliphatic heterocycles. The van der Waals surface area contributed by atoms with Crippen LogP contribution in [0.1, 0.15) is 32.4 Å². The third-order valence-corrected chi connectivity index (χ3v) is 3.40. The van der Waals surface area contributed by atoms with Crippen molar-refractivity contribution in [1.29, 1.82) is 0 Å². The Hall–Kier alpha value is -1.96. The lowest BCUT2D eigenvalue weighted by molar-refractivity contribution is -0.385. The van der Waals surface area contributed by atoms with Crippen LogP contribution < -0.4 is 10.6 Å². The highest BCUT2D eigenvalue weighted by Gasteiger charge is 2.26. The van der Waals surface area contributed by atoms with Crippen molar-refractivity contribution in [3.8, 4) is 0 Å². The van der Waals surface area contributed by atoms with Gasteiger partial charge in [0.25, 0.3) is 0 Å². The second-order valence-corrected chi connectivity index (χ2v) is 5.16. The maximum Gasteiger partial charge on any atom is 0.332 e. The van der Waals surface area contributed by atoms with E-state index in [1.165, 1.54) is 0 Å². The SMILES string of the molecule is CCNc1nc(C)c([N+](=O)[O-])c(NC2CCOC(C)C2)n1. The minimum Gasteiger partial charge on any atom is -0.378 e. The maximum absolute atomic E-state index is 11.3. The van der Waals surface area contributed by atoms with Crippen molar-refractivity contribution in [1.82, 2.24) is 9.97 Å². The van der Waals surface area contributed by atoms with E-state index in [-0.39, 0.29) is 23.7 Å². The molecule has 2 unspecified atom stereocenters. The first-order chi connectivity index (χ1) is 10.0. The highest BCUT2D eigenvalue weighted by molar-refractivity contribution is 5.61. The molecule has 2 heterocycles. The number of anilines is 2. The normalized spacial score (nSPS) is 21.9. The molecule has 1 saturated heterocycles. The first-order valence-corrected chi connectivity index (χ1v) is 7.16. The fourth-order valence-electron chi connectivity index (χ4n) is 2.45. The third-order valence-electron chi connectivity index (χ3n) is 3.40. The minimum atomic E-state index is -0.434. The predicted molar refractivity (Wildman–Crippen MR) is 79.6 cm³/mol. The van der Waals surface area contributed by atoms with Crippen LogP contribution in [0.2, 0.25) is 0 Å². The standard InChI is InChI=1S/C13H21N5O3/c1-4-14-13-15-9(3)11(18(19)20)12(17-13)16-10-5-6-21-8(2)7-10/h8,10H,4-7H2,1-3H3,(H2,14,15,16,17). The summed E-state index contributed by atoms with van der Waals surface area (Å²) in [5, 5.41) is 17.4. The second kappa shape index (κ2) is 6.66. The quantitative estimate of drug-likeness (QED) is 0.633. The van der Waals surface area contributed by atoms with Crippen LogP contribution in [0.3, 0.4) is 0 Å². The maximum atomic E-state index is 11.3. The molecule has 0 amide bonds. The zero-order valence-corrected chi connectivity index (χ0v) is 12.5. The molecule has 21 heavy (non-hydrogen) atoms. The highest BCUT2D eigenvalue weighted by Crippen LogP contribution is 2.29. The molecule has 1 aromatic heterocycles. The number of rotatable bonds is 5. The van der Waals surface area contributed by atoms with Crippen LogP contribution in [0.25, 0.3) is 0 Å². The Morgan fingerprint density at radius 1 is 1.48 bits per heavy atom. The molecule has 0 aromatic carbocycles. The Labute approximate surface area is 123 Å². The van der Waals surface area contributed by atoms with Gasteiger partial charge >= 0.3 is 5.69 Å². The Bertz CT molecular complexity index is 523. The van der Waals surface area contributed by atoms with Crippen LogP contribution in [0.4, 0.5) is 17.5 Å². The van der Waals surface area contributed by atoms with Crippen LogP contribution in [0.5, 0.6) is 0 Å². The number of ether oxygens (including phenoxy) is 1. The van der Waals surface area contributed by atoms with Gasteiger partial charge in [0.2, 0.25) is 11.8 Å². The molecule has 116 valence electrons. The molecule has 0 radical (unpaired) electrons. The molecule has 1 aliphatic rings. The fraction of sp³-hybridized carbons (Fsp3) is 0.692. The Kier molecular flexibility index (Phi) is 4.89. The Balaban J connectivity index is 2.28. The molecule has 8 heteroatoms. The Morgan fingerprint density at radius 3 is 2.86 bits per heavy atom. The molecule has 0 spiro atoms. The van der Waals surface area contributed by atoms with Crippen molar-refractivity contribution in [2.45, 2.75) is 45.8 Å². The first-order valence-electron chi connectivity index (χ1n) is 7.16. The van der Waals surface area contributed by atoms with E-state index in [0.717, 1.165) is 12.8 Å². The van der Waals surface area contributed by atoms with E-state index in [1.807, 2.05) is 13.8 Å². The van der Waals surface area contributed by atoms with Gasteiger partial charge in [-0.1, -0.05) is 0 Å². The number of aromatic nitrogens is 2. The highest BCUT2D eigenvalue weighted by atomic mass is 16.6. The van der Waals surface area contributed by atoms with Crippen molar-refractivity contribution in [2.24, 2.45) is 0 Å². The van der Waals surface area contributed by atoms with Crippen molar-refractivity contribution in [3.05, 3.63) is 15.8 Å². The van der Waals surface area contributed by atoms with Gasteiger partial charge in [0.15, 0.2) is 0 Å². The van der Waals surface area contributed by atoms with E-state index in [4.69, 9.17) is 4.74 Å². The summed E-state index contributed by atoms with van der Waals surface area (Å²) in [6.45, 7) is 6.85. The number of nitrogens with zero attached hydrogens (tertiary/aromatic N) is 3. The number of nitro groups is 1. The van der Waals surface area contributed by atoms with Crippen molar-refractivity contribution in [2.75, 3.05) is 23.8 Å². The van der Waals surface area contributed by atoms with Gasteiger partial charge in [-0.3, -0.25) is 10.1 Å². The van der Waals surface area contributed by atoms with Gasteiger partial charge in [-0.05, 0) is 33.6 Å². The summed E-state index contributed by atoms with van der Waals surface area (Å²) in [6.07, 6.45) is 1.75. The molecule has 2 rings (SSSR count). The summed E-state index contributed by atoms with van der Waals surface area (Å²) in [6, 6.07) is 0.122. The number of hydrogen-bond donors (Lipinski definition) is 2. The third kappa shape index (κ3) is 3.78. The number of nitrogens with one attached hydrogen (secondary N) is 2. The van der Waals surface area contributed by atoms with Crippen molar-refractivity contribution < 1.29 is 9.66 Å². The molecule has 1 aromatic rings. The van der Waals surface area contributed by atoms with E-state index in [2.05, 4.69) is 20.6 Å². The van der Waals surface area contributed by atoms with E-state index in [1.54, 1.807) is 6.92 Å². The van der Waals surface area contributed by atoms with Crippen LogP contribution in [-0.4, -0.2) is 40.2 Å². The monoisotopic (exact) mass is 295 g/mol. The molecule has 0 bridgehead atoms. The van der Waals surface area contributed by atoms with Gasteiger partial charge < -0.3 is 15.4 Å².